The van der Waals surface area contributed by atoms with Crippen LogP contribution in [0, 0.1) is 0 Å². The topological polar surface area (TPSA) is 33.2 Å². The molecule has 3 heteroatoms. The Labute approximate surface area is 120 Å². The second-order valence-electron chi connectivity index (χ2n) is 4.73. The van der Waals surface area contributed by atoms with Crippen LogP contribution in [-0.2, 0) is 13.0 Å². The van der Waals surface area contributed by atoms with Crippen LogP contribution in [0.2, 0.25) is 0 Å². The number of pyridine rings is 1. The van der Waals surface area contributed by atoms with E-state index < -0.39 is 0 Å². The van der Waals surface area contributed by atoms with Crippen molar-refractivity contribution in [2.75, 3.05) is 6.54 Å². The number of aryl methyl sites for hydroxylation is 1. The van der Waals surface area contributed by atoms with Gasteiger partial charge in [-0.1, -0.05) is 19.1 Å². The summed E-state index contributed by atoms with van der Waals surface area (Å²) in [6, 6.07) is 11.8. The lowest BCUT2D eigenvalue weighted by Crippen LogP contribution is -2.30. The van der Waals surface area contributed by atoms with Crippen LogP contribution in [0.4, 0.5) is 0 Å². The largest absolute Gasteiger partial charge is 0.335 e. The molecule has 0 fully saturated rings. The molecule has 2 rings (SSSR count). The molecule has 0 aliphatic rings. The quantitative estimate of drug-likeness (QED) is 0.833. The van der Waals surface area contributed by atoms with Gasteiger partial charge in [0.25, 0.3) is 5.91 Å². The lowest BCUT2D eigenvalue weighted by atomic mass is 10.1. The first-order valence-electron chi connectivity index (χ1n) is 7.01. The van der Waals surface area contributed by atoms with E-state index in [0.717, 1.165) is 17.5 Å². The molecule has 0 atom stereocenters. The van der Waals surface area contributed by atoms with Gasteiger partial charge in [0.2, 0.25) is 0 Å². The molecule has 0 aliphatic carbocycles. The molecule has 0 bridgehead atoms. The first-order valence-corrected chi connectivity index (χ1v) is 7.01. The highest BCUT2D eigenvalue weighted by molar-refractivity contribution is 5.94. The van der Waals surface area contributed by atoms with E-state index in [0.29, 0.717) is 13.1 Å². The van der Waals surface area contributed by atoms with Crippen LogP contribution < -0.4 is 0 Å². The van der Waals surface area contributed by atoms with Crippen molar-refractivity contribution in [3.63, 3.8) is 0 Å². The van der Waals surface area contributed by atoms with Crippen molar-refractivity contribution in [1.82, 2.24) is 9.88 Å². The minimum absolute atomic E-state index is 0.0759. The molecular weight excluding hydrogens is 248 g/mol. The summed E-state index contributed by atoms with van der Waals surface area (Å²) in [6.07, 6.45) is 4.50. The smallest absolute Gasteiger partial charge is 0.254 e. The van der Waals surface area contributed by atoms with Crippen molar-refractivity contribution < 1.29 is 4.79 Å². The van der Waals surface area contributed by atoms with E-state index in [-0.39, 0.29) is 5.91 Å². The van der Waals surface area contributed by atoms with Crippen LogP contribution in [0.1, 0.15) is 35.3 Å². The van der Waals surface area contributed by atoms with E-state index in [4.69, 9.17) is 0 Å². The Morgan fingerprint density at radius 1 is 1.00 bits per heavy atom. The van der Waals surface area contributed by atoms with E-state index in [1.54, 1.807) is 12.4 Å². The molecule has 0 unspecified atom stereocenters. The van der Waals surface area contributed by atoms with Crippen molar-refractivity contribution in [2.24, 2.45) is 0 Å². The SMILES string of the molecule is CCc1ccc(C(=O)N(CC)Cc2ccncc2)cc1. The van der Waals surface area contributed by atoms with Gasteiger partial charge in [0.15, 0.2) is 0 Å². The summed E-state index contributed by atoms with van der Waals surface area (Å²) in [6.45, 7) is 5.42. The molecule has 0 N–H and O–H groups in total. The summed E-state index contributed by atoms with van der Waals surface area (Å²) >= 11 is 0. The summed E-state index contributed by atoms with van der Waals surface area (Å²) in [5.41, 5.74) is 3.09. The van der Waals surface area contributed by atoms with Gasteiger partial charge in [-0.15, -0.1) is 0 Å². The Hall–Kier alpha value is -2.16. The van der Waals surface area contributed by atoms with E-state index in [2.05, 4.69) is 11.9 Å². The molecule has 1 aromatic carbocycles. The molecule has 0 saturated carbocycles. The molecule has 3 nitrogen and oxygen atoms in total. The maximum Gasteiger partial charge on any atom is 0.254 e. The van der Waals surface area contributed by atoms with Crippen LogP contribution in [0.15, 0.2) is 48.8 Å². The van der Waals surface area contributed by atoms with Gasteiger partial charge in [0.05, 0.1) is 0 Å². The number of carbonyl (C=O) groups excluding carboxylic acids is 1. The number of benzene rings is 1. The predicted octanol–water partition coefficient (Wildman–Crippen LogP) is 3.31. The fourth-order valence-electron chi connectivity index (χ4n) is 2.10. The van der Waals surface area contributed by atoms with Crippen molar-refractivity contribution in [1.29, 1.82) is 0 Å². The van der Waals surface area contributed by atoms with Crippen LogP contribution in [-0.4, -0.2) is 22.3 Å². The zero-order valence-corrected chi connectivity index (χ0v) is 12.0. The molecule has 0 saturated heterocycles. The molecule has 0 spiro atoms. The van der Waals surface area contributed by atoms with E-state index >= 15 is 0 Å². The average molecular weight is 268 g/mol. The molecule has 1 heterocycles. The summed E-state index contributed by atoms with van der Waals surface area (Å²) < 4.78 is 0. The molecule has 0 aliphatic heterocycles. The lowest BCUT2D eigenvalue weighted by molar-refractivity contribution is 0.0752. The number of rotatable bonds is 5. The summed E-state index contributed by atoms with van der Waals surface area (Å²) in [4.78, 5) is 18.3. The number of carbonyl (C=O) groups is 1. The molecular formula is C17H20N2O. The van der Waals surface area contributed by atoms with Gasteiger partial charge in [-0.05, 0) is 48.7 Å². The molecule has 20 heavy (non-hydrogen) atoms. The fourth-order valence-corrected chi connectivity index (χ4v) is 2.10. The highest BCUT2D eigenvalue weighted by Gasteiger charge is 2.14. The standard InChI is InChI=1S/C17H20N2O/c1-3-14-5-7-16(8-6-14)17(20)19(4-2)13-15-9-11-18-12-10-15/h5-12H,3-4,13H2,1-2H3. The maximum atomic E-state index is 12.5. The normalized spacial score (nSPS) is 10.3. The number of nitrogens with zero attached hydrogens (tertiary/aromatic N) is 2. The van der Waals surface area contributed by atoms with E-state index in [1.165, 1.54) is 5.56 Å². The van der Waals surface area contributed by atoms with Crippen molar-refractivity contribution >= 4 is 5.91 Å². The third-order valence-electron chi connectivity index (χ3n) is 3.40. The van der Waals surface area contributed by atoms with Crippen molar-refractivity contribution in [3.8, 4) is 0 Å². The number of hydrogen-bond acceptors (Lipinski definition) is 2. The van der Waals surface area contributed by atoms with Crippen LogP contribution in [0.5, 0.6) is 0 Å². The van der Waals surface area contributed by atoms with Gasteiger partial charge >= 0.3 is 0 Å². The second kappa shape index (κ2) is 6.85. The molecule has 0 radical (unpaired) electrons. The Balaban J connectivity index is 2.12. The van der Waals surface area contributed by atoms with Gasteiger partial charge in [-0.2, -0.15) is 0 Å². The van der Waals surface area contributed by atoms with Gasteiger partial charge in [0, 0.05) is 31.0 Å². The summed E-state index contributed by atoms with van der Waals surface area (Å²) in [5, 5.41) is 0. The lowest BCUT2D eigenvalue weighted by Gasteiger charge is -2.21. The van der Waals surface area contributed by atoms with E-state index in [9.17, 15) is 4.79 Å². The first-order chi connectivity index (χ1) is 9.74. The number of amides is 1. The monoisotopic (exact) mass is 268 g/mol. The van der Waals surface area contributed by atoms with Crippen LogP contribution >= 0.6 is 0 Å². The van der Waals surface area contributed by atoms with Crippen molar-refractivity contribution in [2.45, 2.75) is 26.8 Å². The third-order valence-corrected chi connectivity index (χ3v) is 3.40. The number of hydrogen-bond donors (Lipinski definition) is 0. The average Bonchev–Trinajstić information content (AvgIpc) is 2.53. The molecule has 1 aromatic heterocycles. The molecule has 104 valence electrons. The van der Waals surface area contributed by atoms with Crippen LogP contribution in [0.3, 0.4) is 0 Å². The Morgan fingerprint density at radius 3 is 2.20 bits per heavy atom. The van der Waals surface area contributed by atoms with E-state index in [1.807, 2.05) is 48.2 Å². The van der Waals surface area contributed by atoms with Gasteiger partial charge in [-0.25, -0.2) is 0 Å². The Morgan fingerprint density at radius 2 is 1.65 bits per heavy atom. The number of aromatic nitrogens is 1. The third kappa shape index (κ3) is 3.44. The Kier molecular flexibility index (Phi) is 4.88. The summed E-state index contributed by atoms with van der Waals surface area (Å²) in [7, 11) is 0. The highest BCUT2D eigenvalue weighted by atomic mass is 16.2. The predicted molar refractivity (Wildman–Crippen MR) is 80.5 cm³/mol. The highest BCUT2D eigenvalue weighted by Crippen LogP contribution is 2.11. The fraction of sp³-hybridized carbons (Fsp3) is 0.294. The zero-order chi connectivity index (χ0) is 14.4. The minimum Gasteiger partial charge on any atom is -0.335 e. The van der Waals surface area contributed by atoms with Crippen LogP contribution in [0.25, 0.3) is 0 Å². The zero-order valence-electron chi connectivity index (χ0n) is 12.0. The second-order valence-corrected chi connectivity index (χ2v) is 4.73. The maximum absolute atomic E-state index is 12.5. The van der Waals surface area contributed by atoms with Gasteiger partial charge in [-0.3, -0.25) is 9.78 Å². The molecule has 1 amide bonds. The van der Waals surface area contributed by atoms with Gasteiger partial charge < -0.3 is 4.90 Å². The van der Waals surface area contributed by atoms with Crippen molar-refractivity contribution in [3.05, 3.63) is 65.5 Å². The Bertz CT molecular complexity index is 549. The molecule has 2 aromatic rings. The van der Waals surface area contributed by atoms with Gasteiger partial charge in [0.1, 0.15) is 0 Å². The summed E-state index contributed by atoms with van der Waals surface area (Å²) in [5.74, 6) is 0.0759. The first kappa shape index (κ1) is 14.3. The minimum atomic E-state index is 0.0759.